The highest BCUT2D eigenvalue weighted by Gasteiger charge is 2.39. The molecule has 11 heteroatoms. The Morgan fingerprint density at radius 3 is 2.79 bits per heavy atom. The van der Waals surface area contributed by atoms with Crippen molar-refractivity contribution in [3.8, 4) is 0 Å². The Morgan fingerprint density at radius 2 is 2.11 bits per heavy atom. The third kappa shape index (κ3) is 4.89. The normalized spacial score (nSPS) is 22.8. The van der Waals surface area contributed by atoms with Crippen LogP contribution in [0.25, 0.3) is 0 Å². The van der Waals surface area contributed by atoms with E-state index in [0.717, 1.165) is 0 Å². The van der Waals surface area contributed by atoms with Crippen LogP contribution in [0, 0.1) is 6.92 Å². The van der Waals surface area contributed by atoms with Gasteiger partial charge in [0.15, 0.2) is 0 Å². The zero-order chi connectivity index (χ0) is 20.3. The molecule has 28 heavy (non-hydrogen) atoms. The number of H-pyrrole nitrogens is 1. The van der Waals surface area contributed by atoms with E-state index in [9.17, 15) is 19.3 Å². The highest BCUT2D eigenvalue weighted by atomic mass is 32.7. The predicted molar refractivity (Wildman–Crippen MR) is 103 cm³/mol. The number of rotatable bonds is 6. The molecule has 3 rings (SSSR count). The van der Waals surface area contributed by atoms with Crippen LogP contribution in [0.1, 0.15) is 28.6 Å². The van der Waals surface area contributed by atoms with Gasteiger partial charge >= 0.3 is 11.7 Å². The molecule has 0 aliphatic carbocycles. The Hall–Kier alpha value is -1.97. The molecule has 9 nitrogen and oxygen atoms in total. The van der Waals surface area contributed by atoms with Gasteiger partial charge in [0.25, 0.3) is 5.56 Å². The smallest absolute Gasteiger partial charge is 0.338 e. The first-order valence-electron chi connectivity index (χ1n) is 8.37. The van der Waals surface area contributed by atoms with Gasteiger partial charge in [-0.2, -0.15) is 0 Å². The summed E-state index contributed by atoms with van der Waals surface area (Å²) in [5, 5.41) is 0. The van der Waals surface area contributed by atoms with Gasteiger partial charge in [-0.1, -0.05) is 18.2 Å². The lowest BCUT2D eigenvalue weighted by molar-refractivity contribution is -0.0470. The van der Waals surface area contributed by atoms with Gasteiger partial charge in [-0.15, -0.1) is 0 Å². The lowest BCUT2D eigenvalue weighted by Gasteiger charge is -2.22. The summed E-state index contributed by atoms with van der Waals surface area (Å²) in [7, 11) is -2.04. The molecule has 1 saturated heterocycles. The number of ether oxygens (including phenoxy) is 2. The molecule has 2 N–H and O–H groups in total. The number of nitrogens with one attached hydrogen (secondary N) is 1. The Morgan fingerprint density at radius 1 is 1.39 bits per heavy atom. The number of aromatic amines is 1. The third-order valence-electron chi connectivity index (χ3n) is 4.25. The van der Waals surface area contributed by atoms with Crippen molar-refractivity contribution in [2.45, 2.75) is 31.8 Å². The molecule has 1 fully saturated rings. The number of esters is 1. The van der Waals surface area contributed by atoms with Crippen molar-refractivity contribution in [2.24, 2.45) is 0 Å². The van der Waals surface area contributed by atoms with Crippen molar-refractivity contribution in [3.63, 3.8) is 0 Å². The van der Waals surface area contributed by atoms with Crippen LogP contribution in [0.5, 0.6) is 0 Å². The molecule has 0 radical (unpaired) electrons. The summed E-state index contributed by atoms with van der Waals surface area (Å²) in [6.07, 6.45) is -0.699. The number of carbonyl (C=O) groups excluding carboxylic acids is 1. The van der Waals surface area contributed by atoms with Crippen LogP contribution in [0.15, 0.2) is 46.1 Å². The first-order chi connectivity index (χ1) is 13.3. The number of hydrogen-bond donors (Lipinski definition) is 2. The van der Waals surface area contributed by atoms with E-state index in [1.807, 2.05) is 0 Å². The van der Waals surface area contributed by atoms with E-state index >= 15 is 0 Å². The molecule has 4 atom stereocenters. The molecule has 2 heterocycles. The second-order valence-electron chi connectivity index (χ2n) is 6.19. The second-order valence-corrected chi connectivity index (χ2v) is 7.86. The average molecular weight is 425 g/mol. The minimum atomic E-state index is -2.04. The Bertz CT molecular complexity index is 947. The van der Waals surface area contributed by atoms with Crippen LogP contribution in [0.3, 0.4) is 0 Å². The van der Waals surface area contributed by atoms with Gasteiger partial charge in [0.2, 0.25) is 0 Å². The van der Waals surface area contributed by atoms with Crippen molar-refractivity contribution >= 4 is 25.8 Å². The fraction of sp³-hybridized carbons (Fsp3) is 0.353. The van der Waals surface area contributed by atoms with E-state index in [-0.39, 0.29) is 13.0 Å². The van der Waals surface area contributed by atoms with Gasteiger partial charge in [-0.25, -0.2) is 9.59 Å². The zero-order valence-electron chi connectivity index (χ0n) is 14.8. The van der Waals surface area contributed by atoms with Gasteiger partial charge in [-0.05, 0) is 19.1 Å². The molecule has 1 aromatic heterocycles. The molecule has 0 bridgehead atoms. The molecule has 0 amide bonds. The number of aromatic nitrogens is 2. The van der Waals surface area contributed by atoms with E-state index in [2.05, 4.69) is 17.2 Å². The largest absolute Gasteiger partial charge is 0.700 e. The maximum absolute atomic E-state index is 12.4. The number of hydrogen-bond acceptors (Lipinski definition) is 8. The van der Waals surface area contributed by atoms with Crippen molar-refractivity contribution in [1.29, 1.82) is 0 Å². The predicted octanol–water partition coefficient (Wildman–Crippen LogP) is 1.14. The minimum absolute atomic E-state index is 0.105. The fourth-order valence-corrected chi connectivity index (χ4v) is 3.32. The van der Waals surface area contributed by atoms with E-state index in [1.54, 1.807) is 37.3 Å². The highest BCUT2D eigenvalue weighted by molar-refractivity contribution is 8.28. The molecule has 1 unspecified atom stereocenters. The second kappa shape index (κ2) is 9.02. The molecular formula is C17H18N2O7PS-. The van der Waals surface area contributed by atoms with E-state index in [4.69, 9.17) is 14.0 Å². The quantitative estimate of drug-likeness (QED) is 0.402. The Labute approximate surface area is 166 Å². The van der Waals surface area contributed by atoms with Gasteiger partial charge < -0.3 is 31.1 Å². The summed E-state index contributed by atoms with van der Waals surface area (Å²) in [4.78, 5) is 47.6. The molecule has 150 valence electrons. The number of aryl methyl sites for hydroxylation is 1. The van der Waals surface area contributed by atoms with Crippen LogP contribution in [-0.4, -0.2) is 39.2 Å². The molecule has 1 aromatic carbocycles. The zero-order valence-corrected chi connectivity index (χ0v) is 16.5. The monoisotopic (exact) mass is 425 g/mol. The van der Waals surface area contributed by atoms with Gasteiger partial charge in [0.05, 0.1) is 12.2 Å². The molecule has 1 aliphatic rings. The third-order valence-corrected chi connectivity index (χ3v) is 4.94. The van der Waals surface area contributed by atoms with Crippen molar-refractivity contribution < 1.29 is 23.7 Å². The van der Waals surface area contributed by atoms with E-state index in [1.165, 1.54) is 10.8 Å². The fourth-order valence-electron chi connectivity index (χ4n) is 2.86. The van der Waals surface area contributed by atoms with Gasteiger partial charge in [0, 0.05) is 25.8 Å². The van der Waals surface area contributed by atoms with Crippen molar-refractivity contribution in [3.05, 3.63) is 68.5 Å². The summed E-state index contributed by atoms with van der Waals surface area (Å²) in [5.74, 6) is -0.547. The SMILES string of the molecule is Cc1cn([C@H]2C[C@H](OC(=O)c3ccccc3)[C@@H](COP(O)[S-])O2)c(=O)[nH]c1=O. The lowest BCUT2D eigenvalue weighted by Crippen LogP contribution is -2.33. The standard InChI is InChI=1S/C17H18N2O7PS/c1-10-8-19(17(22)18-15(10)20)14-7-12(13(25-14)9-24-27(23)28)26-16(21)11-5-3-2-4-6-11/h2-6,8,12-14,23H,7,9H2,1H3,(H,18,20,22)/q-1/t12-,13+,14+,27?/m0/s1. The van der Waals surface area contributed by atoms with Gasteiger partial charge in [-0.3, -0.25) is 14.3 Å². The number of nitrogens with zero attached hydrogens (tertiary/aromatic N) is 1. The summed E-state index contributed by atoms with van der Waals surface area (Å²) in [6.45, 7) is 1.46. The maximum Gasteiger partial charge on any atom is 0.338 e. The Balaban J connectivity index is 1.81. The van der Waals surface area contributed by atoms with Crippen LogP contribution >= 0.6 is 7.58 Å². The van der Waals surface area contributed by atoms with Crippen LogP contribution in [0.4, 0.5) is 0 Å². The first kappa shape index (κ1) is 20.8. The lowest BCUT2D eigenvalue weighted by atomic mass is 10.1. The summed E-state index contributed by atoms with van der Waals surface area (Å²) < 4.78 is 17.7. The van der Waals surface area contributed by atoms with Crippen LogP contribution in [0.2, 0.25) is 0 Å². The number of carbonyl (C=O) groups is 1. The highest BCUT2D eigenvalue weighted by Crippen LogP contribution is 2.34. The summed E-state index contributed by atoms with van der Waals surface area (Å²) >= 11 is 4.63. The van der Waals surface area contributed by atoms with E-state index in [0.29, 0.717) is 11.1 Å². The van der Waals surface area contributed by atoms with E-state index < -0.39 is 43.2 Å². The molecular weight excluding hydrogens is 407 g/mol. The van der Waals surface area contributed by atoms with Gasteiger partial charge in [0.1, 0.15) is 18.4 Å². The maximum atomic E-state index is 12.4. The average Bonchev–Trinajstić information content (AvgIpc) is 3.06. The molecule has 1 aliphatic heterocycles. The molecule has 2 aromatic rings. The van der Waals surface area contributed by atoms with Crippen molar-refractivity contribution in [2.75, 3.05) is 6.61 Å². The number of benzene rings is 1. The van der Waals surface area contributed by atoms with Crippen LogP contribution in [-0.2, 0) is 26.2 Å². The summed E-state index contributed by atoms with van der Waals surface area (Å²) in [6, 6.07) is 8.44. The van der Waals surface area contributed by atoms with Crippen LogP contribution < -0.4 is 11.2 Å². The summed E-state index contributed by atoms with van der Waals surface area (Å²) in [5.41, 5.74) is -0.410. The Kier molecular flexibility index (Phi) is 6.69. The molecule has 0 spiro atoms. The topological polar surface area (TPSA) is 120 Å². The minimum Gasteiger partial charge on any atom is -0.700 e. The first-order valence-corrected chi connectivity index (χ1v) is 10.6. The van der Waals surface area contributed by atoms with Crippen molar-refractivity contribution in [1.82, 2.24) is 9.55 Å². The molecule has 0 saturated carbocycles.